The second-order valence-corrected chi connectivity index (χ2v) is 2.79. The van der Waals surface area contributed by atoms with Crippen molar-refractivity contribution in [2.45, 2.75) is 6.42 Å². The van der Waals surface area contributed by atoms with E-state index in [1.165, 1.54) is 0 Å². The summed E-state index contributed by atoms with van der Waals surface area (Å²) in [6.45, 7) is 0.145. The molecule has 0 aliphatic carbocycles. The summed E-state index contributed by atoms with van der Waals surface area (Å²) < 4.78 is 25.5. The van der Waals surface area contributed by atoms with E-state index in [-0.39, 0.29) is 18.5 Å². The van der Waals surface area contributed by atoms with Gasteiger partial charge in [-0.25, -0.2) is 8.78 Å². The normalized spacial score (nSPS) is 9.40. The molecule has 3 nitrogen and oxygen atoms in total. The predicted molar refractivity (Wildman–Crippen MR) is 48.9 cm³/mol. The first-order valence-electron chi connectivity index (χ1n) is 4.25. The van der Waals surface area contributed by atoms with E-state index in [2.05, 4.69) is 5.32 Å². The molecule has 0 aliphatic rings. The van der Waals surface area contributed by atoms with Gasteiger partial charge in [-0.15, -0.1) is 0 Å². The molecule has 1 aromatic carbocycles. The van der Waals surface area contributed by atoms with E-state index in [4.69, 9.17) is 5.26 Å². The van der Waals surface area contributed by atoms with Crippen LogP contribution in [0.3, 0.4) is 0 Å². The lowest BCUT2D eigenvalue weighted by atomic mass is 10.2. The number of carbonyl (C=O) groups excluding carboxylic acids is 1. The summed E-state index contributed by atoms with van der Waals surface area (Å²) in [4.78, 5) is 11.3. The van der Waals surface area contributed by atoms with Crippen molar-refractivity contribution in [2.75, 3.05) is 6.54 Å². The number of rotatable bonds is 3. The Labute approximate surface area is 85.3 Å². The monoisotopic (exact) mass is 210 g/mol. The maximum atomic E-state index is 13.0. The van der Waals surface area contributed by atoms with Crippen LogP contribution in [0.5, 0.6) is 0 Å². The second-order valence-electron chi connectivity index (χ2n) is 2.79. The van der Waals surface area contributed by atoms with E-state index >= 15 is 0 Å². The lowest BCUT2D eigenvalue weighted by molar-refractivity contribution is 0.0950. The third-order valence-electron chi connectivity index (χ3n) is 1.70. The van der Waals surface area contributed by atoms with Gasteiger partial charge in [0.15, 0.2) is 0 Å². The third-order valence-corrected chi connectivity index (χ3v) is 1.70. The summed E-state index contributed by atoms with van der Waals surface area (Å²) in [7, 11) is 0. The molecule has 0 saturated heterocycles. The van der Waals surface area contributed by atoms with Crippen molar-refractivity contribution in [3.63, 3.8) is 0 Å². The molecule has 1 rings (SSSR count). The number of amides is 1. The van der Waals surface area contributed by atoms with E-state index in [0.717, 1.165) is 12.1 Å². The molecule has 1 aromatic rings. The van der Waals surface area contributed by atoms with Crippen molar-refractivity contribution in [1.29, 1.82) is 5.26 Å². The van der Waals surface area contributed by atoms with E-state index in [9.17, 15) is 13.6 Å². The minimum absolute atomic E-state index is 0.145. The molecule has 0 heterocycles. The van der Waals surface area contributed by atoms with Crippen LogP contribution in [0.25, 0.3) is 0 Å². The van der Waals surface area contributed by atoms with E-state index in [1.54, 1.807) is 0 Å². The first kappa shape index (κ1) is 11.1. The molecule has 0 saturated carbocycles. The van der Waals surface area contributed by atoms with E-state index < -0.39 is 17.5 Å². The molecule has 0 unspecified atom stereocenters. The first-order chi connectivity index (χ1) is 7.15. The molecule has 0 atom stereocenters. The topological polar surface area (TPSA) is 52.9 Å². The molecular formula is C10H8F2N2O. The van der Waals surface area contributed by atoms with Crippen molar-refractivity contribution in [3.05, 3.63) is 35.4 Å². The summed E-state index contributed by atoms with van der Waals surface area (Å²) in [6, 6.07) is 4.53. The van der Waals surface area contributed by atoms with Crippen molar-refractivity contribution < 1.29 is 13.6 Å². The average molecular weight is 210 g/mol. The smallest absolute Gasteiger partial charge is 0.254 e. The minimum atomic E-state index is -0.913. The van der Waals surface area contributed by atoms with Gasteiger partial charge < -0.3 is 5.32 Å². The summed E-state index contributed by atoms with van der Waals surface area (Å²) in [5.41, 5.74) is -0.227. The molecule has 1 amide bonds. The summed E-state index contributed by atoms with van der Waals surface area (Å²) in [5.74, 6) is -2.30. The molecule has 0 aliphatic heterocycles. The quantitative estimate of drug-likeness (QED) is 0.770. The van der Waals surface area contributed by atoms with E-state index in [1.807, 2.05) is 6.07 Å². The van der Waals surface area contributed by atoms with Crippen molar-refractivity contribution >= 4 is 5.91 Å². The fraction of sp³-hybridized carbons (Fsp3) is 0.200. The average Bonchev–Trinajstić information content (AvgIpc) is 2.17. The Morgan fingerprint density at radius 1 is 1.47 bits per heavy atom. The van der Waals surface area contributed by atoms with Crippen LogP contribution >= 0.6 is 0 Å². The minimum Gasteiger partial charge on any atom is -0.351 e. The maximum Gasteiger partial charge on any atom is 0.254 e. The van der Waals surface area contributed by atoms with Gasteiger partial charge in [0.1, 0.15) is 11.6 Å². The highest BCUT2D eigenvalue weighted by Crippen LogP contribution is 2.08. The van der Waals surface area contributed by atoms with E-state index in [0.29, 0.717) is 6.07 Å². The molecule has 0 fully saturated rings. The van der Waals surface area contributed by atoms with Crippen LogP contribution in [0.1, 0.15) is 16.8 Å². The Balaban J connectivity index is 2.70. The molecule has 78 valence electrons. The zero-order chi connectivity index (χ0) is 11.3. The second kappa shape index (κ2) is 5.05. The van der Waals surface area contributed by atoms with Gasteiger partial charge in [-0.05, 0) is 12.1 Å². The van der Waals surface area contributed by atoms with Gasteiger partial charge in [0.25, 0.3) is 5.91 Å². The van der Waals surface area contributed by atoms with Crippen molar-refractivity contribution in [2.24, 2.45) is 0 Å². The van der Waals surface area contributed by atoms with Crippen LogP contribution in [0.4, 0.5) is 8.78 Å². The molecular weight excluding hydrogens is 202 g/mol. The highest BCUT2D eigenvalue weighted by Gasteiger charge is 2.11. The molecule has 0 bridgehead atoms. The fourth-order valence-electron chi connectivity index (χ4n) is 1.00. The molecule has 1 N–H and O–H groups in total. The number of nitriles is 1. The number of halogens is 2. The third kappa shape index (κ3) is 3.02. The van der Waals surface area contributed by atoms with Gasteiger partial charge in [-0.1, -0.05) is 0 Å². The predicted octanol–water partition coefficient (Wildman–Crippen LogP) is 1.61. The number of carbonyl (C=O) groups is 1. The number of nitrogens with zero attached hydrogens (tertiary/aromatic N) is 1. The van der Waals surface area contributed by atoms with Crippen LogP contribution in [0.15, 0.2) is 18.2 Å². The number of nitrogens with one attached hydrogen (secondary N) is 1. The van der Waals surface area contributed by atoms with Gasteiger partial charge in [0.2, 0.25) is 0 Å². The highest BCUT2D eigenvalue weighted by atomic mass is 19.1. The maximum absolute atomic E-state index is 13.0. The SMILES string of the molecule is N#CCCNC(=O)c1ccc(F)cc1F. The van der Waals surface area contributed by atoms with Crippen molar-refractivity contribution in [3.8, 4) is 6.07 Å². The zero-order valence-electron chi connectivity index (χ0n) is 7.76. The molecule has 5 heteroatoms. The molecule has 0 radical (unpaired) electrons. The number of hydrogen-bond acceptors (Lipinski definition) is 2. The highest BCUT2D eigenvalue weighted by molar-refractivity contribution is 5.94. The largest absolute Gasteiger partial charge is 0.351 e. The van der Waals surface area contributed by atoms with Crippen LogP contribution in [0, 0.1) is 23.0 Å². The lowest BCUT2D eigenvalue weighted by Crippen LogP contribution is -2.25. The van der Waals surface area contributed by atoms with Gasteiger partial charge in [0, 0.05) is 12.6 Å². The lowest BCUT2D eigenvalue weighted by Gasteiger charge is -2.03. The number of hydrogen-bond donors (Lipinski definition) is 1. The fourth-order valence-corrected chi connectivity index (χ4v) is 1.00. The Bertz CT molecular complexity index is 412. The van der Waals surface area contributed by atoms with Crippen LogP contribution in [0.2, 0.25) is 0 Å². The van der Waals surface area contributed by atoms with Crippen LogP contribution < -0.4 is 5.32 Å². The van der Waals surface area contributed by atoms with Gasteiger partial charge in [-0.2, -0.15) is 5.26 Å². The summed E-state index contributed by atoms with van der Waals surface area (Å²) in [6.07, 6.45) is 0.147. The zero-order valence-corrected chi connectivity index (χ0v) is 7.76. The standard InChI is InChI=1S/C10H8F2N2O/c11-7-2-3-8(9(12)6-7)10(15)14-5-1-4-13/h2-3,6H,1,5H2,(H,14,15). The first-order valence-corrected chi connectivity index (χ1v) is 4.25. The van der Waals surface area contributed by atoms with Gasteiger partial charge in [-0.3, -0.25) is 4.79 Å². The van der Waals surface area contributed by atoms with Gasteiger partial charge in [0.05, 0.1) is 18.1 Å². The Hall–Kier alpha value is -1.96. The Kier molecular flexibility index (Phi) is 3.75. The molecule has 0 spiro atoms. The van der Waals surface area contributed by atoms with Crippen LogP contribution in [-0.2, 0) is 0 Å². The van der Waals surface area contributed by atoms with Gasteiger partial charge >= 0.3 is 0 Å². The Morgan fingerprint density at radius 3 is 2.80 bits per heavy atom. The number of benzene rings is 1. The molecule has 15 heavy (non-hydrogen) atoms. The van der Waals surface area contributed by atoms with Crippen LogP contribution in [-0.4, -0.2) is 12.5 Å². The Morgan fingerprint density at radius 2 is 2.20 bits per heavy atom. The van der Waals surface area contributed by atoms with Crippen molar-refractivity contribution in [1.82, 2.24) is 5.32 Å². The summed E-state index contributed by atoms with van der Waals surface area (Å²) >= 11 is 0. The summed E-state index contributed by atoms with van der Waals surface area (Å²) in [5, 5.41) is 10.6. The molecule has 0 aromatic heterocycles.